The van der Waals surface area contributed by atoms with Crippen molar-refractivity contribution in [2.24, 2.45) is 22.7 Å². The lowest BCUT2D eigenvalue weighted by molar-refractivity contribution is -0.131. The highest BCUT2D eigenvalue weighted by molar-refractivity contribution is 6.32. The fourth-order valence-corrected chi connectivity index (χ4v) is 4.35. The molecule has 1 heterocycles. The summed E-state index contributed by atoms with van der Waals surface area (Å²) in [5, 5.41) is 2.25. The topological polar surface area (TPSA) is 88.1 Å². The number of hydrogen-bond donors (Lipinski definition) is 1. The number of imide groups is 2. The second kappa shape index (κ2) is 6.55. The normalized spacial score (nSPS) is 31.0. The molecule has 4 atom stereocenters. The lowest BCUT2D eigenvalue weighted by Gasteiger charge is -2.29. The van der Waals surface area contributed by atoms with Gasteiger partial charge in [-0.25, -0.2) is 9.69 Å². The molecule has 136 valence electrons. The number of rotatable bonds is 4. The fraction of sp³-hybridized carbons (Fsp3) is 0.474. The second-order valence-corrected chi connectivity index (χ2v) is 7.16. The number of hydrogen-bond acceptors (Lipinski definition) is 5. The maximum absolute atomic E-state index is 12.9. The Kier molecular flexibility index (Phi) is 4.22. The van der Waals surface area contributed by atoms with Gasteiger partial charge in [0.25, 0.3) is 5.91 Å². The predicted octanol–water partition coefficient (Wildman–Crippen LogP) is 2.15. The molecule has 3 aliphatic rings. The summed E-state index contributed by atoms with van der Waals surface area (Å²) in [7, 11) is 1.46. The Hall–Kier alpha value is -2.70. The maximum atomic E-state index is 12.9. The monoisotopic (exact) mass is 355 g/mol. The van der Waals surface area contributed by atoms with E-state index in [1.165, 1.54) is 32.6 Å². The molecule has 0 radical (unpaired) electrons. The molecule has 2 bridgehead atoms. The number of fused-ring (bicyclic) bond motifs is 2. The van der Waals surface area contributed by atoms with Gasteiger partial charge in [-0.1, -0.05) is 18.6 Å². The van der Waals surface area contributed by atoms with Crippen LogP contribution in [0.3, 0.4) is 0 Å². The average molecular weight is 355 g/mol. The third kappa shape index (κ3) is 2.77. The SMILES string of the molecule is COc1ccccc1N1C(=O)NC(=O)[C@H](C=N[C@@H]2C[C@H]3CC[C@H]2C3)C1=O. The van der Waals surface area contributed by atoms with E-state index in [9.17, 15) is 14.4 Å². The van der Waals surface area contributed by atoms with Crippen LogP contribution in [0.15, 0.2) is 29.3 Å². The number of nitrogens with one attached hydrogen (secondary N) is 1. The lowest BCUT2D eigenvalue weighted by atomic mass is 9.95. The molecule has 26 heavy (non-hydrogen) atoms. The third-order valence-electron chi connectivity index (χ3n) is 5.66. The number of barbiturate groups is 1. The van der Waals surface area contributed by atoms with Crippen molar-refractivity contribution >= 4 is 29.7 Å². The van der Waals surface area contributed by atoms with Gasteiger partial charge < -0.3 is 4.74 Å². The molecule has 7 nitrogen and oxygen atoms in total. The van der Waals surface area contributed by atoms with Gasteiger partial charge in [-0.2, -0.15) is 0 Å². The number of carbonyl (C=O) groups is 3. The van der Waals surface area contributed by atoms with Crippen molar-refractivity contribution in [2.45, 2.75) is 31.7 Å². The molecule has 4 rings (SSSR count). The summed E-state index contributed by atoms with van der Waals surface area (Å²) < 4.78 is 5.24. The van der Waals surface area contributed by atoms with Crippen LogP contribution in [0.5, 0.6) is 5.75 Å². The zero-order chi connectivity index (χ0) is 18.3. The van der Waals surface area contributed by atoms with Crippen molar-refractivity contribution in [2.75, 3.05) is 12.0 Å². The van der Waals surface area contributed by atoms with E-state index in [1.807, 2.05) is 0 Å². The molecule has 1 aromatic rings. The Bertz CT molecular complexity index is 791. The van der Waals surface area contributed by atoms with Gasteiger partial charge in [0.2, 0.25) is 5.91 Å². The van der Waals surface area contributed by atoms with E-state index in [0.717, 1.165) is 17.2 Å². The minimum Gasteiger partial charge on any atom is -0.495 e. The van der Waals surface area contributed by atoms with Crippen LogP contribution in [0.1, 0.15) is 25.7 Å². The van der Waals surface area contributed by atoms with Gasteiger partial charge in [-0.15, -0.1) is 0 Å². The van der Waals surface area contributed by atoms with E-state index in [0.29, 0.717) is 17.4 Å². The summed E-state index contributed by atoms with van der Waals surface area (Å²) in [6.45, 7) is 0. The molecule has 3 fully saturated rings. The fourth-order valence-electron chi connectivity index (χ4n) is 4.35. The van der Waals surface area contributed by atoms with Gasteiger partial charge in [-0.05, 0) is 43.2 Å². The highest BCUT2D eigenvalue weighted by Gasteiger charge is 2.43. The van der Waals surface area contributed by atoms with Crippen LogP contribution < -0.4 is 15.0 Å². The number of para-hydroxylation sites is 2. The van der Waals surface area contributed by atoms with Crippen molar-refractivity contribution < 1.29 is 19.1 Å². The van der Waals surface area contributed by atoms with Gasteiger partial charge in [0, 0.05) is 6.21 Å². The van der Waals surface area contributed by atoms with Crippen molar-refractivity contribution in [1.82, 2.24) is 5.32 Å². The first-order chi connectivity index (χ1) is 12.6. The van der Waals surface area contributed by atoms with E-state index < -0.39 is 23.8 Å². The lowest BCUT2D eigenvalue weighted by Crippen LogP contribution is -2.58. The van der Waals surface area contributed by atoms with Crippen LogP contribution in [-0.2, 0) is 9.59 Å². The van der Waals surface area contributed by atoms with Gasteiger partial charge in [-0.3, -0.25) is 19.9 Å². The molecule has 1 saturated heterocycles. The van der Waals surface area contributed by atoms with E-state index in [1.54, 1.807) is 24.3 Å². The Morgan fingerprint density at radius 2 is 2.00 bits per heavy atom. The van der Waals surface area contributed by atoms with E-state index in [2.05, 4.69) is 10.3 Å². The smallest absolute Gasteiger partial charge is 0.335 e. The first-order valence-corrected chi connectivity index (χ1v) is 8.93. The molecule has 2 saturated carbocycles. The van der Waals surface area contributed by atoms with Crippen LogP contribution in [0.2, 0.25) is 0 Å². The third-order valence-corrected chi connectivity index (χ3v) is 5.66. The van der Waals surface area contributed by atoms with Crippen LogP contribution in [0.4, 0.5) is 10.5 Å². The highest BCUT2D eigenvalue weighted by Crippen LogP contribution is 2.45. The molecule has 0 aromatic heterocycles. The zero-order valence-electron chi connectivity index (χ0n) is 14.6. The summed E-state index contributed by atoms with van der Waals surface area (Å²) in [5.41, 5.74) is 0.309. The maximum Gasteiger partial charge on any atom is 0.335 e. The Labute approximate surface area is 151 Å². The van der Waals surface area contributed by atoms with Crippen molar-refractivity contribution in [3.8, 4) is 5.75 Å². The number of benzene rings is 1. The molecule has 4 amide bonds. The molecular formula is C19H21N3O4. The number of amides is 4. The van der Waals surface area contributed by atoms with Crippen LogP contribution in [-0.4, -0.2) is 37.2 Å². The molecule has 2 aliphatic carbocycles. The van der Waals surface area contributed by atoms with Crippen molar-refractivity contribution in [1.29, 1.82) is 0 Å². The summed E-state index contributed by atoms with van der Waals surface area (Å²) in [6, 6.07) is 6.13. The molecule has 7 heteroatoms. The van der Waals surface area contributed by atoms with E-state index in [-0.39, 0.29) is 6.04 Å². The molecular weight excluding hydrogens is 334 g/mol. The summed E-state index contributed by atoms with van der Waals surface area (Å²) in [6.07, 6.45) is 6.08. The van der Waals surface area contributed by atoms with Gasteiger partial charge >= 0.3 is 6.03 Å². The molecule has 0 spiro atoms. The van der Waals surface area contributed by atoms with Gasteiger partial charge in [0.05, 0.1) is 18.8 Å². The number of urea groups is 1. The van der Waals surface area contributed by atoms with Crippen LogP contribution in [0.25, 0.3) is 0 Å². The molecule has 0 unspecified atom stereocenters. The summed E-state index contributed by atoms with van der Waals surface area (Å²) >= 11 is 0. The first-order valence-electron chi connectivity index (χ1n) is 8.93. The second-order valence-electron chi connectivity index (χ2n) is 7.16. The Balaban J connectivity index is 1.58. The number of methoxy groups -OCH3 is 1. The number of nitrogens with zero attached hydrogens (tertiary/aromatic N) is 2. The Morgan fingerprint density at radius 1 is 1.19 bits per heavy atom. The number of anilines is 1. The largest absolute Gasteiger partial charge is 0.495 e. The van der Waals surface area contributed by atoms with Crippen molar-refractivity contribution in [3.05, 3.63) is 24.3 Å². The minimum atomic E-state index is -1.10. The highest BCUT2D eigenvalue weighted by atomic mass is 16.5. The summed E-state index contributed by atoms with van der Waals surface area (Å²) in [4.78, 5) is 42.9. The Morgan fingerprint density at radius 3 is 2.69 bits per heavy atom. The van der Waals surface area contributed by atoms with Gasteiger partial charge in [0.1, 0.15) is 5.75 Å². The zero-order valence-corrected chi connectivity index (χ0v) is 14.6. The predicted molar refractivity (Wildman–Crippen MR) is 95.2 cm³/mol. The van der Waals surface area contributed by atoms with E-state index >= 15 is 0 Å². The van der Waals surface area contributed by atoms with Crippen LogP contribution >= 0.6 is 0 Å². The number of carbonyl (C=O) groups excluding carboxylic acids is 3. The molecule has 1 aromatic carbocycles. The average Bonchev–Trinajstić information content (AvgIpc) is 3.25. The quantitative estimate of drug-likeness (QED) is 0.662. The number of aliphatic imine (C=N–C) groups is 1. The van der Waals surface area contributed by atoms with Gasteiger partial charge in [0.15, 0.2) is 5.92 Å². The molecule has 1 N–H and O–H groups in total. The minimum absolute atomic E-state index is 0.187. The number of ether oxygens (including phenoxy) is 1. The van der Waals surface area contributed by atoms with Crippen molar-refractivity contribution in [3.63, 3.8) is 0 Å². The van der Waals surface area contributed by atoms with E-state index in [4.69, 9.17) is 4.74 Å². The summed E-state index contributed by atoms with van der Waals surface area (Å²) in [5.74, 6) is -0.659. The first kappa shape index (κ1) is 16.8. The van der Waals surface area contributed by atoms with Crippen LogP contribution in [0, 0.1) is 17.8 Å². The molecule has 1 aliphatic heterocycles. The standard InChI is InChI=1S/C19H21N3O4/c1-26-16-5-3-2-4-15(16)22-18(24)13(17(23)21-19(22)25)10-20-14-9-11-6-7-12(14)8-11/h2-5,10-14H,6-9H2,1H3,(H,21,23,25)/t11-,12-,13-,14+/m0/s1.